The summed E-state index contributed by atoms with van der Waals surface area (Å²) >= 11 is 0. The van der Waals surface area contributed by atoms with Crippen molar-refractivity contribution in [2.45, 2.75) is 186 Å². The van der Waals surface area contributed by atoms with E-state index >= 15 is 0 Å². The summed E-state index contributed by atoms with van der Waals surface area (Å²) in [5.74, 6) is 7.08. The standard InChI is InChI=1S/C32H56N8.C8H14N2/c1-2-10-18-17(9-1)25-33-26(18)38-28-21-13-5-6-14-22(21)30(35-28)40-32-24-16-8-7-15-23(24)31(36-32)39-29-20-12-4-3-11-19(20)27(34-29)37-25;1-4-7-6(3)9-8(5-2)10-7/h17-40H,1-16H2;4-5H2,1-3H3,(H,9,10). The van der Waals surface area contributed by atoms with Gasteiger partial charge < -0.3 is 4.98 Å². The summed E-state index contributed by atoms with van der Waals surface area (Å²) in [7, 11) is 0. The van der Waals surface area contributed by atoms with Crippen molar-refractivity contribution < 1.29 is 0 Å². The first-order valence-corrected chi connectivity index (χ1v) is 21.7. The maximum absolute atomic E-state index is 4.39. The Bertz CT molecular complexity index is 1080. The first kappa shape index (κ1) is 34.6. The Morgan fingerprint density at radius 1 is 0.400 bits per heavy atom. The van der Waals surface area contributed by atoms with Crippen molar-refractivity contribution in [1.29, 1.82) is 0 Å². The second-order valence-corrected chi connectivity index (χ2v) is 18.1. The lowest BCUT2D eigenvalue weighted by molar-refractivity contribution is 0.167. The zero-order valence-corrected chi connectivity index (χ0v) is 31.4. The Balaban J connectivity index is 0.000000293. The van der Waals surface area contributed by atoms with Gasteiger partial charge in [-0.25, -0.2) is 4.98 Å². The fraction of sp³-hybridized carbons (Fsp3) is 0.925. The molecule has 1 aromatic heterocycles. The smallest absolute Gasteiger partial charge is 0.106 e. The molecule has 9 N–H and O–H groups in total. The van der Waals surface area contributed by atoms with Crippen LogP contribution in [0.5, 0.6) is 0 Å². The number of fused-ring (bicyclic) bond motifs is 20. The van der Waals surface area contributed by atoms with E-state index in [2.05, 4.69) is 73.3 Å². The molecule has 10 heteroatoms. The van der Waals surface area contributed by atoms with E-state index in [9.17, 15) is 0 Å². The van der Waals surface area contributed by atoms with Gasteiger partial charge in [0.1, 0.15) is 5.82 Å². The largest absolute Gasteiger partial charge is 0.346 e. The zero-order valence-electron chi connectivity index (χ0n) is 31.4. The minimum absolute atomic E-state index is 0.420. The predicted molar refractivity (Wildman–Crippen MR) is 199 cm³/mol. The third-order valence-electron chi connectivity index (χ3n) is 15.5. The van der Waals surface area contributed by atoms with Crippen molar-refractivity contribution in [2.75, 3.05) is 0 Å². The van der Waals surface area contributed by atoms with Crippen molar-refractivity contribution in [3.8, 4) is 0 Å². The number of nitrogens with one attached hydrogen (secondary N) is 9. The molecule has 4 saturated carbocycles. The lowest BCUT2D eigenvalue weighted by atomic mass is 9.76. The zero-order chi connectivity index (χ0) is 33.8. The van der Waals surface area contributed by atoms with E-state index in [-0.39, 0.29) is 0 Å². The molecular formula is C40H70N10. The number of aryl methyl sites for hydroxylation is 3. The van der Waals surface area contributed by atoms with E-state index in [1.54, 1.807) is 0 Å². The van der Waals surface area contributed by atoms with Gasteiger partial charge in [-0.1, -0.05) is 65.2 Å². The molecule has 10 nitrogen and oxygen atoms in total. The summed E-state index contributed by atoms with van der Waals surface area (Å²) in [6, 6.07) is 0. The van der Waals surface area contributed by atoms with Crippen LogP contribution in [-0.2, 0) is 12.8 Å². The lowest BCUT2D eigenvalue weighted by Crippen LogP contribution is -2.61. The molecule has 0 amide bonds. The number of aromatic nitrogens is 2. The van der Waals surface area contributed by atoms with Crippen LogP contribution in [0.3, 0.4) is 0 Å². The molecule has 1 aromatic rings. The van der Waals surface area contributed by atoms with Crippen LogP contribution in [0.25, 0.3) is 0 Å². The Morgan fingerprint density at radius 2 is 0.640 bits per heavy atom. The second-order valence-electron chi connectivity index (χ2n) is 18.1. The average Bonchev–Trinajstić information content (AvgIpc) is 3.96. The fourth-order valence-electron chi connectivity index (χ4n) is 13.0. The van der Waals surface area contributed by atoms with E-state index in [0.717, 1.165) is 66.0 Å². The van der Waals surface area contributed by atoms with Crippen LogP contribution in [0.15, 0.2) is 0 Å². The minimum Gasteiger partial charge on any atom is -0.346 e. The van der Waals surface area contributed by atoms with Crippen LogP contribution < -0.4 is 42.5 Å². The quantitative estimate of drug-likeness (QED) is 0.222. The van der Waals surface area contributed by atoms with Crippen LogP contribution in [-0.4, -0.2) is 59.3 Å². The molecule has 0 radical (unpaired) electrons. The topological polar surface area (TPSA) is 125 Å². The molecule has 4 aliphatic carbocycles. The fourth-order valence-corrected chi connectivity index (χ4v) is 13.0. The van der Waals surface area contributed by atoms with Crippen LogP contribution >= 0.6 is 0 Å². The van der Waals surface area contributed by atoms with Gasteiger partial charge in [-0.05, 0) is 112 Å². The normalized spacial score (nSPS) is 48.1. The van der Waals surface area contributed by atoms with Crippen LogP contribution in [0, 0.1) is 54.3 Å². The van der Waals surface area contributed by atoms with Gasteiger partial charge >= 0.3 is 0 Å². The number of rotatable bonds is 2. The number of nitrogens with zero attached hydrogens (tertiary/aromatic N) is 1. The Kier molecular flexibility index (Phi) is 10.4. The number of H-pyrrole nitrogens is 1. The number of hydrogen-bond acceptors (Lipinski definition) is 9. The summed E-state index contributed by atoms with van der Waals surface area (Å²) in [5.41, 5.74) is 2.43. The highest BCUT2D eigenvalue weighted by atomic mass is 15.4. The molecule has 50 heavy (non-hydrogen) atoms. The number of hydrogen-bond donors (Lipinski definition) is 9. The van der Waals surface area contributed by atoms with Gasteiger partial charge in [0.15, 0.2) is 0 Å². The first-order chi connectivity index (χ1) is 24.6. The van der Waals surface area contributed by atoms with Gasteiger partial charge in [-0.2, -0.15) is 0 Å². The van der Waals surface area contributed by atoms with Crippen LogP contribution in [0.2, 0.25) is 0 Å². The minimum atomic E-state index is 0.420. The summed E-state index contributed by atoms with van der Waals surface area (Å²) < 4.78 is 0. The van der Waals surface area contributed by atoms with E-state index in [1.165, 1.54) is 114 Å². The highest BCUT2D eigenvalue weighted by molar-refractivity contribution is 5.13. The molecule has 5 aliphatic heterocycles. The Morgan fingerprint density at radius 3 is 0.800 bits per heavy atom. The van der Waals surface area contributed by atoms with Gasteiger partial charge in [0.05, 0.1) is 55.0 Å². The van der Waals surface area contributed by atoms with Crippen LogP contribution in [0.4, 0.5) is 0 Å². The molecule has 6 heterocycles. The van der Waals surface area contributed by atoms with E-state index in [4.69, 9.17) is 0 Å². The summed E-state index contributed by atoms with van der Waals surface area (Å²) in [5, 5.41) is 33.8. The molecule has 8 unspecified atom stereocenters. The summed E-state index contributed by atoms with van der Waals surface area (Å²) in [6.45, 7) is 6.31. The number of aromatic amines is 1. The lowest BCUT2D eigenvalue weighted by Gasteiger charge is -2.35. The predicted octanol–water partition coefficient (Wildman–Crippen LogP) is 4.45. The van der Waals surface area contributed by atoms with Crippen molar-refractivity contribution in [1.82, 2.24) is 52.5 Å². The Hall–Kier alpha value is -1.11. The van der Waals surface area contributed by atoms with Gasteiger partial charge in [-0.3, -0.25) is 42.5 Å². The Labute approximate surface area is 302 Å². The van der Waals surface area contributed by atoms with E-state index < -0.39 is 0 Å². The van der Waals surface area contributed by atoms with Crippen molar-refractivity contribution in [3.63, 3.8) is 0 Å². The molecule has 0 aromatic carbocycles. The van der Waals surface area contributed by atoms with Crippen molar-refractivity contribution >= 4 is 0 Å². The highest BCUT2D eigenvalue weighted by Crippen LogP contribution is 2.45. The highest BCUT2D eigenvalue weighted by Gasteiger charge is 2.54. The van der Waals surface area contributed by atoms with Crippen molar-refractivity contribution in [3.05, 3.63) is 17.2 Å². The van der Waals surface area contributed by atoms with E-state index in [1.807, 2.05) is 0 Å². The van der Waals surface area contributed by atoms with E-state index in [0.29, 0.717) is 49.3 Å². The van der Waals surface area contributed by atoms with Crippen LogP contribution in [0.1, 0.15) is 134 Å². The summed E-state index contributed by atoms with van der Waals surface area (Å²) in [6.07, 6.45) is 27.6. The summed E-state index contributed by atoms with van der Waals surface area (Å²) in [4.78, 5) is 7.63. The molecule has 8 bridgehead atoms. The maximum Gasteiger partial charge on any atom is 0.106 e. The second kappa shape index (κ2) is 15.0. The maximum atomic E-state index is 4.39. The molecule has 9 fully saturated rings. The molecule has 8 atom stereocenters. The average molecular weight is 691 g/mol. The van der Waals surface area contributed by atoms with Gasteiger partial charge in [-0.15, -0.1) is 0 Å². The van der Waals surface area contributed by atoms with Crippen molar-refractivity contribution in [2.24, 2.45) is 47.3 Å². The number of imidazole rings is 1. The van der Waals surface area contributed by atoms with Gasteiger partial charge in [0, 0.05) is 12.1 Å². The molecule has 10 rings (SSSR count). The third-order valence-corrected chi connectivity index (χ3v) is 15.5. The monoisotopic (exact) mass is 691 g/mol. The van der Waals surface area contributed by atoms with Gasteiger partial charge in [0.25, 0.3) is 0 Å². The molecule has 0 spiro atoms. The third kappa shape index (κ3) is 6.54. The molecule has 9 aliphatic rings. The van der Waals surface area contributed by atoms with Gasteiger partial charge in [0.2, 0.25) is 0 Å². The molecule has 5 saturated heterocycles. The molecular weight excluding hydrogens is 621 g/mol. The SMILES string of the molecule is C1CCC2C3NC(NC4NC(NC5NC(NC6NC(N3)C3CCCCC63)C3CCCCC53)C3CCCCC43)C2C1.CCc1nc(CC)c(C)[nH]1. The first-order valence-electron chi connectivity index (χ1n) is 21.7. The molecule has 280 valence electrons.